The average molecular weight is 289 g/mol. The maximum atomic E-state index is 12.9. The summed E-state index contributed by atoms with van der Waals surface area (Å²) in [5.74, 6) is 0. The number of nitrogens with one attached hydrogen (secondary N) is 1. The number of hydrogen-bond donors (Lipinski definition) is 1. The van der Waals surface area contributed by atoms with Crippen LogP contribution < -0.4 is 5.32 Å². The Morgan fingerprint density at radius 3 is 2.35 bits per heavy atom. The van der Waals surface area contributed by atoms with Crippen molar-refractivity contribution in [3.8, 4) is 0 Å². The molecule has 112 valence electrons. The molecule has 0 fully saturated rings. The summed E-state index contributed by atoms with van der Waals surface area (Å²) in [6.45, 7) is 6.39. The number of rotatable bonds is 2. The van der Waals surface area contributed by atoms with Gasteiger partial charge in [-0.05, 0) is 44.9 Å². The quantitative estimate of drug-likeness (QED) is 0.892. The molecule has 1 aromatic carbocycles. The molecule has 0 saturated heterocycles. The van der Waals surface area contributed by atoms with Gasteiger partial charge in [-0.2, -0.15) is 13.2 Å². The lowest BCUT2D eigenvalue weighted by Gasteiger charge is -2.21. The highest BCUT2D eigenvalue weighted by Gasteiger charge is 2.33. The third kappa shape index (κ3) is 4.75. The normalized spacial score (nSPS) is 12.2. The van der Waals surface area contributed by atoms with E-state index >= 15 is 0 Å². The fourth-order valence-electron chi connectivity index (χ4n) is 1.68. The minimum Gasteiger partial charge on any atom is -0.444 e. The molecule has 0 radical (unpaired) electrons. The van der Waals surface area contributed by atoms with Crippen molar-refractivity contribution in [3.05, 3.63) is 34.9 Å². The van der Waals surface area contributed by atoms with Crippen LogP contribution in [0.5, 0.6) is 0 Å². The van der Waals surface area contributed by atoms with Crippen LogP contribution in [0.3, 0.4) is 0 Å². The number of aryl methyl sites for hydroxylation is 1. The number of benzene rings is 1. The Morgan fingerprint density at radius 1 is 1.25 bits per heavy atom. The Bertz CT molecular complexity index is 490. The van der Waals surface area contributed by atoms with Gasteiger partial charge in [-0.1, -0.05) is 12.1 Å². The summed E-state index contributed by atoms with van der Waals surface area (Å²) in [7, 11) is 0. The highest BCUT2D eigenvalue weighted by Crippen LogP contribution is 2.33. The zero-order valence-corrected chi connectivity index (χ0v) is 11.9. The average Bonchev–Trinajstić information content (AvgIpc) is 2.23. The van der Waals surface area contributed by atoms with Gasteiger partial charge in [0.2, 0.25) is 0 Å². The first-order valence-corrected chi connectivity index (χ1v) is 6.13. The van der Waals surface area contributed by atoms with Crippen LogP contribution in [-0.2, 0) is 17.5 Å². The van der Waals surface area contributed by atoms with Gasteiger partial charge in [-0.15, -0.1) is 0 Å². The van der Waals surface area contributed by atoms with E-state index < -0.39 is 23.4 Å². The van der Waals surface area contributed by atoms with Crippen LogP contribution in [0.25, 0.3) is 0 Å². The highest BCUT2D eigenvalue weighted by molar-refractivity contribution is 5.67. The molecule has 6 heteroatoms. The van der Waals surface area contributed by atoms with Crippen LogP contribution in [0.4, 0.5) is 18.0 Å². The van der Waals surface area contributed by atoms with Gasteiger partial charge >= 0.3 is 12.3 Å². The van der Waals surface area contributed by atoms with Gasteiger partial charge in [-0.25, -0.2) is 4.79 Å². The molecule has 0 bridgehead atoms. The highest BCUT2D eigenvalue weighted by atomic mass is 19.4. The van der Waals surface area contributed by atoms with Crippen molar-refractivity contribution in [2.45, 2.75) is 46.0 Å². The Balaban J connectivity index is 2.86. The number of alkyl carbamates (subject to hydrolysis) is 1. The van der Waals surface area contributed by atoms with Gasteiger partial charge in [0.25, 0.3) is 0 Å². The minimum atomic E-state index is -4.45. The second-order valence-electron chi connectivity index (χ2n) is 5.45. The Hall–Kier alpha value is -1.72. The topological polar surface area (TPSA) is 38.3 Å². The van der Waals surface area contributed by atoms with Crippen LogP contribution in [0.2, 0.25) is 0 Å². The lowest BCUT2D eigenvalue weighted by Crippen LogP contribution is -2.32. The van der Waals surface area contributed by atoms with Crippen molar-refractivity contribution in [3.63, 3.8) is 0 Å². The van der Waals surface area contributed by atoms with Crippen LogP contribution in [0, 0.1) is 6.92 Å². The van der Waals surface area contributed by atoms with Crippen LogP contribution in [0.15, 0.2) is 18.2 Å². The molecule has 0 spiro atoms. The summed E-state index contributed by atoms with van der Waals surface area (Å²) in [4.78, 5) is 11.5. The van der Waals surface area contributed by atoms with Crippen molar-refractivity contribution in [1.29, 1.82) is 0 Å². The lowest BCUT2D eigenvalue weighted by atomic mass is 10.0. The molecule has 0 aliphatic heterocycles. The molecule has 3 nitrogen and oxygen atoms in total. The smallest absolute Gasteiger partial charge is 0.416 e. The van der Waals surface area contributed by atoms with E-state index in [2.05, 4.69) is 5.32 Å². The fourth-order valence-corrected chi connectivity index (χ4v) is 1.68. The number of hydrogen-bond acceptors (Lipinski definition) is 2. The van der Waals surface area contributed by atoms with E-state index in [1.807, 2.05) is 0 Å². The number of carbonyl (C=O) groups excluding carboxylic acids is 1. The Kier molecular flexibility index (Phi) is 4.68. The summed E-state index contributed by atoms with van der Waals surface area (Å²) in [6, 6.07) is 3.91. The Labute approximate surface area is 116 Å². The molecule has 0 saturated carbocycles. The molecule has 1 N–H and O–H groups in total. The molecule has 0 unspecified atom stereocenters. The van der Waals surface area contributed by atoms with Crippen molar-refractivity contribution in [1.82, 2.24) is 5.32 Å². The van der Waals surface area contributed by atoms with Crippen molar-refractivity contribution < 1.29 is 22.7 Å². The predicted molar refractivity (Wildman–Crippen MR) is 69.3 cm³/mol. The van der Waals surface area contributed by atoms with Crippen molar-refractivity contribution >= 4 is 6.09 Å². The zero-order chi connectivity index (χ0) is 15.6. The van der Waals surface area contributed by atoms with Crippen molar-refractivity contribution in [2.75, 3.05) is 0 Å². The molecule has 0 atom stereocenters. The van der Waals surface area contributed by atoms with E-state index in [1.54, 1.807) is 33.8 Å². The number of carbonyl (C=O) groups is 1. The summed E-state index contributed by atoms with van der Waals surface area (Å²) in [5, 5.41) is 2.35. The molecule has 20 heavy (non-hydrogen) atoms. The first-order valence-electron chi connectivity index (χ1n) is 6.13. The van der Waals surface area contributed by atoms with Crippen LogP contribution in [-0.4, -0.2) is 11.7 Å². The fraction of sp³-hybridized carbons (Fsp3) is 0.500. The molecule has 0 aromatic heterocycles. The van der Waals surface area contributed by atoms with Gasteiger partial charge < -0.3 is 10.1 Å². The summed E-state index contributed by atoms with van der Waals surface area (Å²) >= 11 is 0. The molecule has 1 rings (SSSR count). The molecule has 1 amide bonds. The Morgan fingerprint density at radius 2 is 1.85 bits per heavy atom. The molecule has 1 aromatic rings. The summed E-state index contributed by atoms with van der Waals surface area (Å²) in [5.41, 5.74) is -0.918. The van der Waals surface area contributed by atoms with E-state index in [0.29, 0.717) is 5.56 Å². The van der Waals surface area contributed by atoms with E-state index in [9.17, 15) is 18.0 Å². The van der Waals surface area contributed by atoms with E-state index in [-0.39, 0.29) is 12.1 Å². The zero-order valence-electron chi connectivity index (χ0n) is 11.9. The van der Waals surface area contributed by atoms with Gasteiger partial charge in [0.1, 0.15) is 5.60 Å². The predicted octanol–water partition coefficient (Wildman–Crippen LogP) is 4.04. The number of ether oxygens (including phenoxy) is 1. The number of amides is 1. The largest absolute Gasteiger partial charge is 0.444 e. The van der Waals surface area contributed by atoms with Gasteiger partial charge in [0.15, 0.2) is 0 Å². The molecule has 0 aliphatic carbocycles. The summed E-state index contributed by atoms with van der Waals surface area (Å²) < 4.78 is 43.6. The van der Waals surface area contributed by atoms with Gasteiger partial charge in [-0.3, -0.25) is 0 Å². The second kappa shape index (κ2) is 5.73. The van der Waals surface area contributed by atoms with Crippen LogP contribution in [0.1, 0.15) is 37.5 Å². The monoisotopic (exact) mass is 289 g/mol. The van der Waals surface area contributed by atoms with E-state index in [4.69, 9.17) is 4.74 Å². The number of halogens is 3. The standard InChI is InChI=1S/C14H18F3NO2/c1-9-6-5-7-11(14(15,16)17)10(9)8-18-12(19)20-13(2,3)4/h5-7H,8H2,1-4H3,(H,18,19). The number of alkyl halides is 3. The first-order chi connectivity index (χ1) is 9.00. The second-order valence-corrected chi connectivity index (χ2v) is 5.45. The van der Waals surface area contributed by atoms with Gasteiger partial charge in [0.05, 0.1) is 5.56 Å². The van der Waals surface area contributed by atoms with E-state index in [0.717, 1.165) is 6.07 Å². The molecular formula is C14H18F3NO2. The minimum absolute atomic E-state index is 0.0471. The molecule has 0 heterocycles. The summed E-state index contributed by atoms with van der Waals surface area (Å²) in [6.07, 6.45) is -5.19. The van der Waals surface area contributed by atoms with Gasteiger partial charge in [0, 0.05) is 6.54 Å². The first kappa shape index (κ1) is 16.3. The van der Waals surface area contributed by atoms with Crippen molar-refractivity contribution in [2.24, 2.45) is 0 Å². The van der Waals surface area contributed by atoms with Crippen LogP contribution >= 0.6 is 0 Å². The van der Waals surface area contributed by atoms with E-state index in [1.165, 1.54) is 6.07 Å². The molecular weight excluding hydrogens is 271 g/mol. The maximum Gasteiger partial charge on any atom is 0.416 e. The maximum absolute atomic E-state index is 12.9. The third-order valence-electron chi connectivity index (χ3n) is 2.52. The SMILES string of the molecule is Cc1cccc(C(F)(F)F)c1CNC(=O)OC(C)(C)C. The molecule has 0 aliphatic rings. The third-order valence-corrected chi connectivity index (χ3v) is 2.52. The lowest BCUT2D eigenvalue weighted by molar-refractivity contribution is -0.138.